The van der Waals surface area contributed by atoms with Crippen LogP contribution in [0.5, 0.6) is 0 Å². The molecule has 1 saturated heterocycles. The second kappa shape index (κ2) is 10.5. The van der Waals surface area contributed by atoms with Gasteiger partial charge in [0.2, 0.25) is 0 Å². The Kier molecular flexibility index (Phi) is 8.36. The third kappa shape index (κ3) is 6.66. The van der Waals surface area contributed by atoms with Gasteiger partial charge in [-0.1, -0.05) is 0 Å². The quantitative estimate of drug-likeness (QED) is 0.405. The van der Waals surface area contributed by atoms with Gasteiger partial charge in [-0.15, -0.1) is 0 Å². The average Bonchev–Trinajstić information content (AvgIpc) is 3.11. The first-order valence-corrected chi connectivity index (χ1v) is 9.90. The maximum atomic E-state index is 12.9. The van der Waals surface area contributed by atoms with Crippen molar-refractivity contribution in [2.45, 2.75) is 39.4 Å². The molecule has 2 heterocycles. The van der Waals surface area contributed by atoms with E-state index in [4.69, 9.17) is 4.42 Å². The van der Waals surface area contributed by atoms with Crippen LogP contribution < -0.4 is 10.6 Å². The van der Waals surface area contributed by atoms with E-state index < -0.39 is 12.2 Å². The van der Waals surface area contributed by atoms with Crippen molar-refractivity contribution in [3.8, 4) is 0 Å². The van der Waals surface area contributed by atoms with E-state index in [0.29, 0.717) is 64.0 Å². The number of halogens is 3. The SMILES string of the molecule is CCNC(=NCCCNC(=O)c1occc1C)N1CCN(C(C)C(F)(F)F)CC1. The summed E-state index contributed by atoms with van der Waals surface area (Å²) < 4.78 is 43.8. The smallest absolute Gasteiger partial charge is 0.403 e. The highest BCUT2D eigenvalue weighted by Crippen LogP contribution is 2.25. The lowest BCUT2D eigenvalue weighted by Crippen LogP contribution is -2.56. The second-order valence-electron chi connectivity index (χ2n) is 7.02. The summed E-state index contributed by atoms with van der Waals surface area (Å²) in [6, 6.07) is 0.294. The Morgan fingerprint density at radius 1 is 1.28 bits per heavy atom. The molecule has 164 valence electrons. The lowest BCUT2D eigenvalue weighted by molar-refractivity contribution is -0.181. The van der Waals surface area contributed by atoms with Gasteiger partial charge in [-0.05, 0) is 33.3 Å². The van der Waals surface area contributed by atoms with E-state index in [0.717, 1.165) is 5.56 Å². The number of amides is 1. The molecule has 0 aliphatic carbocycles. The molecule has 1 aromatic rings. The maximum Gasteiger partial charge on any atom is 0.403 e. The molecule has 1 fully saturated rings. The molecule has 0 bridgehead atoms. The number of hydrogen-bond donors (Lipinski definition) is 2. The molecule has 10 heteroatoms. The summed E-state index contributed by atoms with van der Waals surface area (Å²) in [4.78, 5) is 20.0. The van der Waals surface area contributed by atoms with Gasteiger partial charge in [-0.25, -0.2) is 0 Å². The monoisotopic (exact) mass is 417 g/mol. The van der Waals surface area contributed by atoms with Crippen LogP contribution in [-0.4, -0.2) is 79.7 Å². The zero-order valence-corrected chi connectivity index (χ0v) is 17.2. The first kappa shape index (κ1) is 23.1. The zero-order valence-electron chi connectivity index (χ0n) is 17.2. The number of nitrogens with one attached hydrogen (secondary N) is 2. The van der Waals surface area contributed by atoms with Crippen molar-refractivity contribution in [2.75, 3.05) is 45.8 Å². The minimum atomic E-state index is -4.21. The predicted molar refractivity (Wildman–Crippen MR) is 105 cm³/mol. The van der Waals surface area contributed by atoms with Gasteiger partial charge in [0.25, 0.3) is 5.91 Å². The van der Waals surface area contributed by atoms with Gasteiger partial charge < -0.3 is 20.0 Å². The summed E-state index contributed by atoms with van der Waals surface area (Å²) in [5.41, 5.74) is 0.786. The van der Waals surface area contributed by atoms with Crippen molar-refractivity contribution in [3.05, 3.63) is 23.7 Å². The van der Waals surface area contributed by atoms with Crippen LogP contribution in [0.2, 0.25) is 0 Å². The molecule has 2 rings (SSSR count). The van der Waals surface area contributed by atoms with E-state index in [1.165, 1.54) is 18.1 Å². The summed E-state index contributed by atoms with van der Waals surface area (Å²) in [6.45, 7) is 8.23. The van der Waals surface area contributed by atoms with Gasteiger partial charge in [-0.2, -0.15) is 13.2 Å². The molecule has 29 heavy (non-hydrogen) atoms. The molecule has 0 radical (unpaired) electrons. The van der Waals surface area contributed by atoms with Gasteiger partial charge in [0, 0.05) is 51.4 Å². The Bertz CT molecular complexity index is 682. The highest BCUT2D eigenvalue weighted by molar-refractivity contribution is 5.92. The number of aryl methyl sites for hydroxylation is 1. The number of nitrogens with zero attached hydrogens (tertiary/aromatic N) is 3. The van der Waals surface area contributed by atoms with Crippen molar-refractivity contribution in [1.82, 2.24) is 20.4 Å². The van der Waals surface area contributed by atoms with Gasteiger partial charge in [0.05, 0.1) is 6.26 Å². The average molecular weight is 417 g/mol. The molecular formula is C19H30F3N5O2. The molecule has 1 unspecified atom stereocenters. The number of guanidine groups is 1. The number of furan rings is 1. The normalized spacial score (nSPS) is 17.3. The molecule has 1 amide bonds. The molecule has 7 nitrogen and oxygen atoms in total. The summed E-state index contributed by atoms with van der Waals surface area (Å²) in [5, 5.41) is 5.98. The molecular weight excluding hydrogens is 387 g/mol. The molecule has 1 aliphatic rings. The van der Waals surface area contributed by atoms with E-state index in [9.17, 15) is 18.0 Å². The van der Waals surface area contributed by atoms with E-state index >= 15 is 0 Å². The number of carbonyl (C=O) groups is 1. The second-order valence-corrected chi connectivity index (χ2v) is 7.02. The lowest BCUT2D eigenvalue weighted by atomic mass is 10.2. The Labute approximate surface area is 169 Å². The third-order valence-corrected chi connectivity index (χ3v) is 4.92. The fourth-order valence-corrected chi connectivity index (χ4v) is 3.11. The van der Waals surface area contributed by atoms with Crippen LogP contribution in [0, 0.1) is 6.92 Å². The van der Waals surface area contributed by atoms with Crippen LogP contribution in [0.3, 0.4) is 0 Å². The summed E-state index contributed by atoms with van der Waals surface area (Å²) in [7, 11) is 0. The number of aliphatic imine (C=N–C) groups is 1. The van der Waals surface area contributed by atoms with Crippen LogP contribution >= 0.6 is 0 Å². The Morgan fingerprint density at radius 3 is 2.52 bits per heavy atom. The Balaban J connectivity index is 1.78. The van der Waals surface area contributed by atoms with Crippen molar-refractivity contribution >= 4 is 11.9 Å². The van der Waals surface area contributed by atoms with Crippen LogP contribution in [0.15, 0.2) is 21.7 Å². The maximum absolute atomic E-state index is 12.9. The standard InChI is InChI=1S/C19H30F3N5O2/c1-4-23-18(27-11-9-26(10-12-27)15(3)19(20,21)22)25-8-5-7-24-17(28)16-14(2)6-13-29-16/h6,13,15H,4-5,7-12H2,1-3H3,(H,23,25)(H,24,28). The fourth-order valence-electron chi connectivity index (χ4n) is 3.11. The summed E-state index contributed by atoms with van der Waals surface area (Å²) in [5.74, 6) is 0.756. The fraction of sp³-hybridized carbons (Fsp3) is 0.684. The van der Waals surface area contributed by atoms with Crippen molar-refractivity contribution < 1.29 is 22.4 Å². The molecule has 1 aliphatic heterocycles. The number of hydrogen-bond acceptors (Lipinski definition) is 4. The molecule has 0 spiro atoms. The van der Waals surface area contributed by atoms with Crippen molar-refractivity contribution in [1.29, 1.82) is 0 Å². The van der Waals surface area contributed by atoms with Gasteiger partial charge in [0.15, 0.2) is 11.7 Å². The van der Waals surface area contributed by atoms with Crippen LogP contribution in [-0.2, 0) is 0 Å². The Morgan fingerprint density at radius 2 is 1.97 bits per heavy atom. The van der Waals surface area contributed by atoms with E-state index in [2.05, 4.69) is 15.6 Å². The molecule has 1 aromatic heterocycles. The van der Waals surface area contributed by atoms with Crippen LogP contribution in [0.25, 0.3) is 0 Å². The first-order valence-electron chi connectivity index (χ1n) is 9.90. The topological polar surface area (TPSA) is 73.1 Å². The van der Waals surface area contributed by atoms with Crippen LogP contribution in [0.1, 0.15) is 36.4 Å². The van der Waals surface area contributed by atoms with Crippen LogP contribution in [0.4, 0.5) is 13.2 Å². The van der Waals surface area contributed by atoms with Crippen molar-refractivity contribution in [3.63, 3.8) is 0 Å². The molecule has 1 atom stereocenters. The zero-order chi connectivity index (χ0) is 21.4. The van der Waals surface area contributed by atoms with Crippen molar-refractivity contribution in [2.24, 2.45) is 4.99 Å². The van der Waals surface area contributed by atoms with E-state index in [-0.39, 0.29) is 5.91 Å². The highest BCUT2D eigenvalue weighted by atomic mass is 19.4. The highest BCUT2D eigenvalue weighted by Gasteiger charge is 2.41. The van der Waals surface area contributed by atoms with E-state index in [1.54, 1.807) is 13.0 Å². The molecule has 0 saturated carbocycles. The summed E-state index contributed by atoms with van der Waals surface area (Å²) in [6.07, 6.45) is -2.09. The number of rotatable bonds is 7. The lowest BCUT2D eigenvalue weighted by Gasteiger charge is -2.39. The largest absolute Gasteiger partial charge is 0.459 e. The first-order chi connectivity index (χ1) is 13.7. The number of piperazine rings is 1. The minimum absolute atomic E-state index is 0.252. The molecule has 2 N–H and O–H groups in total. The number of alkyl halides is 3. The Hall–Kier alpha value is -2.23. The van der Waals surface area contributed by atoms with Gasteiger partial charge in [-0.3, -0.25) is 14.7 Å². The van der Waals surface area contributed by atoms with E-state index in [1.807, 2.05) is 11.8 Å². The summed E-state index contributed by atoms with van der Waals surface area (Å²) >= 11 is 0. The van der Waals surface area contributed by atoms with Gasteiger partial charge >= 0.3 is 6.18 Å². The molecule has 0 aromatic carbocycles. The minimum Gasteiger partial charge on any atom is -0.459 e. The third-order valence-electron chi connectivity index (χ3n) is 4.92. The number of carbonyl (C=O) groups excluding carboxylic acids is 1. The predicted octanol–water partition coefficient (Wildman–Crippen LogP) is 2.24. The van der Waals surface area contributed by atoms with Gasteiger partial charge in [0.1, 0.15) is 6.04 Å².